The van der Waals surface area contributed by atoms with Gasteiger partial charge in [-0.3, -0.25) is 9.59 Å². The van der Waals surface area contributed by atoms with Crippen molar-refractivity contribution in [3.63, 3.8) is 0 Å². The molecule has 7 heteroatoms. The van der Waals surface area contributed by atoms with E-state index in [4.69, 9.17) is 9.84 Å². The lowest BCUT2D eigenvalue weighted by Crippen LogP contribution is -2.50. The average molecular weight is 320 g/mol. The molecule has 3 N–H and O–H groups in total. The fraction of sp³-hybridized carbons (Fsp3) is 0.438. The summed E-state index contributed by atoms with van der Waals surface area (Å²) >= 11 is 0. The van der Waals surface area contributed by atoms with Crippen molar-refractivity contribution in [3.8, 4) is 5.75 Å². The SMILES string of the molecule is Cc1cc(C(=O)NC2CCCNC2=O)cc(C)c1OCC(=O)O. The summed E-state index contributed by atoms with van der Waals surface area (Å²) in [5.74, 6) is -1.10. The summed E-state index contributed by atoms with van der Waals surface area (Å²) in [4.78, 5) is 34.6. The molecule has 1 fully saturated rings. The van der Waals surface area contributed by atoms with Gasteiger partial charge in [0, 0.05) is 12.1 Å². The first-order valence-corrected chi connectivity index (χ1v) is 7.43. The zero-order valence-electron chi connectivity index (χ0n) is 13.1. The maximum atomic E-state index is 12.3. The Morgan fingerprint density at radius 3 is 2.57 bits per heavy atom. The third-order valence-electron chi connectivity index (χ3n) is 3.65. The van der Waals surface area contributed by atoms with Crippen LogP contribution in [-0.4, -0.2) is 42.1 Å². The standard InChI is InChI=1S/C16H20N2O5/c1-9-6-11(7-10(2)14(9)23-8-13(19)20)15(21)18-12-4-3-5-17-16(12)22/h6-7,12H,3-5,8H2,1-2H3,(H,17,22)(H,18,21)(H,19,20). The van der Waals surface area contributed by atoms with Gasteiger partial charge in [-0.2, -0.15) is 0 Å². The van der Waals surface area contributed by atoms with Gasteiger partial charge in [-0.15, -0.1) is 0 Å². The molecule has 0 bridgehead atoms. The number of carboxylic acid groups (broad SMARTS) is 1. The molecule has 124 valence electrons. The molecule has 1 heterocycles. The molecule has 1 aliphatic heterocycles. The van der Waals surface area contributed by atoms with Gasteiger partial charge in [0.1, 0.15) is 11.8 Å². The van der Waals surface area contributed by atoms with E-state index >= 15 is 0 Å². The number of rotatable bonds is 5. The third-order valence-corrected chi connectivity index (χ3v) is 3.65. The predicted octanol–water partition coefficient (Wildman–Crippen LogP) is 0.775. The number of amides is 2. The first kappa shape index (κ1) is 16.8. The van der Waals surface area contributed by atoms with Crippen LogP contribution in [0.5, 0.6) is 5.75 Å². The normalized spacial score (nSPS) is 17.3. The van der Waals surface area contributed by atoms with Gasteiger partial charge in [-0.05, 0) is 49.9 Å². The van der Waals surface area contributed by atoms with E-state index in [1.165, 1.54) is 0 Å². The summed E-state index contributed by atoms with van der Waals surface area (Å²) in [6, 6.07) is 2.74. The highest BCUT2D eigenvalue weighted by molar-refractivity contribution is 5.98. The number of nitrogens with one attached hydrogen (secondary N) is 2. The highest BCUT2D eigenvalue weighted by Gasteiger charge is 2.24. The van der Waals surface area contributed by atoms with E-state index in [1.54, 1.807) is 26.0 Å². The molecule has 1 aromatic carbocycles. The van der Waals surface area contributed by atoms with E-state index in [1.807, 2.05) is 0 Å². The van der Waals surface area contributed by atoms with Crippen molar-refractivity contribution in [3.05, 3.63) is 28.8 Å². The zero-order chi connectivity index (χ0) is 17.0. The van der Waals surface area contributed by atoms with Crippen LogP contribution in [0.25, 0.3) is 0 Å². The van der Waals surface area contributed by atoms with Crippen LogP contribution in [0, 0.1) is 13.8 Å². The molecule has 23 heavy (non-hydrogen) atoms. The van der Waals surface area contributed by atoms with Gasteiger partial charge in [0.05, 0.1) is 0 Å². The van der Waals surface area contributed by atoms with Crippen molar-refractivity contribution in [2.75, 3.05) is 13.2 Å². The Balaban J connectivity index is 2.11. The Kier molecular flexibility index (Phi) is 5.20. The first-order valence-electron chi connectivity index (χ1n) is 7.43. The minimum atomic E-state index is -1.06. The quantitative estimate of drug-likeness (QED) is 0.743. The highest BCUT2D eigenvalue weighted by atomic mass is 16.5. The van der Waals surface area contributed by atoms with Crippen molar-refractivity contribution in [2.45, 2.75) is 32.7 Å². The minimum absolute atomic E-state index is 0.167. The largest absolute Gasteiger partial charge is 0.481 e. The van der Waals surface area contributed by atoms with Gasteiger partial charge in [0.25, 0.3) is 5.91 Å². The number of carboxylic acids is 1. The molecule has 1 unspecified atom stereocenters. The number of benzene rings is 1. The minimum Gasteiger partial charge on any atom is -0.481 e. The lowest BCUT2D eigenvalue weighted by molar-refractivity contribution is -0.139. The van der Waals surface area contributed by atoms with E-state index in [9.17, 15) is 14.4 Å². The van der Waals surface area contributed by atoms with Gasteiger partial charge < -0.3 is 20.5 Å². The number of carbonyl (C=O) groups is 3. The fourth-order valence-corrected chi connectivity index (χ4v) is 2.59. The second-order valence-electron chi connectivity index (χ2n) is 5.58. The second kappa shape index (κ2) is 7.13. The molecule has 7 nitrogen and oxygen atoms in total. The van der Waals surface area contributed by atoms with Crippen LogP contribution >= 0.6 is 0 Å². The Morgan fingerprint density at radius 2 is 2.00 bits per heavy atom. The monoisotopic (exact) mass is 320 g/mol. The predicted molar refractivity (Wildman–Crippen MR) is 82.5 cm³/mol. The van der Waals surface area contributed by atoms with E-state index in [-0.39, 0.29) is 11.8 Å². The van der Waals surface area contributed by atoms with Crippen LogP contribution < -0.4 is 15.4 Å². The molecule has 0 aromatic heterocycles. The molecule has 1 aromatic rings. The average Bonchev–Trinajstić information content (AvgIpc) is 2.48. The molecule has 1 aliphatic rings. The second-order valence-corrected chi connectivity index (χ2v) is 5.58. The van der Waals surface area contributed by atoms with Gasteiger partial charge in [0.2, 0.25) is 5.91 Å². The molecule has 0 spiro atoms. The number of hydrogen-bond donors (Lipinski definition) is 3. The van der Waals surface area contributed by atoms with Gasteiger partial charge in [0.15, 0.2) is 6.61 Å². The fourth-order valence-electron chi connectivity index (χ4n) is 2.59. The molecule has 2 rings (SSSR count). The number of aliphatic carboxylic acids is 1. The molecule has 0 radical (unpaired) electrons. The van der Waals surface area contributed by atoms with Crippen molar-refractivity contribution in [1.29, 1.82) is 0 Å². The molecule has 0 aliphatic carbocycles. The Labute approximate surface area is 134 Å². The lowest BCUT2D eigenvalue weighted by Gasteiger charge is -2.23. The van der Waals surface area contributed by atoms with E-state index in [0.29, 0.717) is 35.4 Å². The molecular formula is C16H20N2O5. The molecule has 2 amide bonds. The van der Waals surface area contributed by atoms with E-state index < -0.39 is 18.6 Å². The summed E-state index contributed by atoms with van der Waals surface area (Å²) in [7, 11) is 0. The Morgan fingerprint density at radius 1 is 1.35 bits per heavy atom. The van der Waals surface area contributed by atoms with Crippen LogP contribution in [-0.2, 0) is 9.59 Å². The summed E-state index contributed by atoms with van der Waals surface area (Å²) in [5, 5.41) is 14.1. The molecule has 1 atom stereocenters. The van der Waals surface area contributed by atoms with Crippen LogP contribution in [0.4, 0.5) is 0 Å². The van der Waals surface area contributed by atoms with Crippen LogP contribution in [0.3, 0.4) is 0 Å². The Hall–Kier alpha value is -2.57. The number of hydrogen-bond acceptors (Lipinski definition) is 4. The summed E-state index contributed by atoms with van der Waals surface area (Å²) < 4.78 is 5.24. The maximum Gasteiger partial charge on any atom is 0.341 e. The number of carbonyl (C=O) groups excluding carboxylic acids is 2. The number of ether oxygens (including phenoxy) is 1. The first-order chi connectivity index (χ1) is 10.9. The van der Waals surface area contributed by atoms with Crippen molar-refractivity contribution in [2.24, 2.45) is 0 Å². The number of piperidine rings is 1. The van der Waals surface area contributed by atoms with Crippen molar-refractivity contribution in [1.82, 2.24) is 10.6 Å². The summed E-state index contributed by atoms with van der Waals surface area (Å²) in [6.45, 7) is 3.69. The van der Waals surface area contributed by atoms with Crippen LogP contribution in [0.15, 0.2) is 12.1 Å². The molecular weight excluding hydrogens is 300 g/mol. The molecule has 1 saturated heterocycles. The zero-order valence-corrected chi connectivity index (χ0v) is 13.1. The van der Waals surface area contributed by atoms with E-state index in [0.717, 1.165) is 6.42 Å². The smallest absolute Gasteiger partial charge is 0.341 e. The van der Waals surface area contributed by atoms with Gasteiger partial charge in [-0.25, -0.2) is 4.79 Å². The van der Waals surface area contributed by atoms with Crippen LogP contribution in [0.1, 0.15) is 34.3 Å². The third kappa shape index (κ3) is 4.21. The van der Waals surface area contributed by atoms with Crippen LogP contribution in [0.2, 0.25) is 0 Å². The summed E-state index contributed by atoms with van der Waals surface area (Å²) in [5.41, 5.74) is 1.76. The lowest BCUT2D eigenvalue weighted by atomic mass is 10.0. The van der Waals surface area contributed by atoms with Gasteiger partial charge >= 0.3 is 5.97 Å². The van der Waals surface area contributed by atoms with Gasteiger partial charge in [-0.1, -0.05) is 0 Å². The van der Waals surface area contributed by atoms with E-state index in [2.05, 4.69) is 10.6 Å². The van der Waals surface area contributed by atoms with Crippen molar-refractivity contribution >= 4 is 17.8 Å². The summed E-state index contributed by atoms with van der Waals surface area (Å²) in [6.07, 6.45) is 1.45. The maximum absolute atomic E-state index is 12.3. The Bertz CT molecular complexity index is 618. The number of aryl methyl sites for hydroxylation is 2. The highest BCUT2D eigenvalue weighted by Crippen LogP contribution is 2.25. The topological polar surface area (TPSA) is 105 Å². The van der Waals surface area contributed by atoms with Crippen molar-refractivity contribution < 1.29 is 24.2 Å². The molecule has 0 saturated carbocycles.